The summed E-state index contributed by atoms with van der Waals surface area (Å²) in [5.41, 5.74) is 3.14. The SMILES string of the molecule is Cc1ccc(OCCOc2c(Cl)cc(/C=N/n3cnnc3)cc2Cl)cc1C. The second-order valence-corrected chi connectivity index (χ2v) is 6.66. The van der Waals surface area contributed by atoms with Crippen molar-refractivity contribution in [3.63, 3.8) is 0 Å². The zero-order chi connectivity index (χ0) is 19.2. The average Bonchev–Trinajstić information content (AvgIpc) is 3.15. The van der Waals surface area contributed by atoms with Gasteiger partial charge in [0.05, 0.1) is 16.3 Å². The molecule has 0 bridgehead atoms. The molecule has 140 valence electrons. The van der Waals surface area contributed by atoms with Crippen molar-refractivity contribution in [1.82, 2.24) is 14.9 Å². The molecule has 0 atom stereocenters. The van der Waals surface area contributed by atoms with Crippen molar-refractivity contribution in [2.24, 2.45) is 5.10 Å². The van der Waals surface area contributed by atoms with Gasteiger partial charge in [-0.3, -0.25) is 0 Å². The summed E-state index contributed by atoms with van der Waals surface area (Å²) in [4.78, 5) is 0. The summed E-state index contributed by atoms with van der Waals surface area (Å²) in [6, 6.07) is 9.41. The maximum atomic E-state index is 6.29. The number of ether oxygens (including phenoxy) is 2. The van der Waals surface area contributed by atoms with Gasteiger partial charge in [-0.15, -0.1) is 10.2 Å². The van der Waals surface area contributed by atoms with Crippen LogP contribution in [0, 0.1) is 13.8 Å². The number of hydrogen-bond donors (Lipinski definition) is 0. The number of hydrogen-bond acceptors (Lipinski definition) is 5. The van der Waals surface area contributed by atoms with Gasteiger partial charge in [0.1, 0.15) is 31.6 Å². The molecule has 0 N–H and O–H groups in total. The molecule has 3 aromatic rings. The van der Waals surface area contributed by atoms with Crippen molar-refractivity contribution in [2.45, 2.75) is 13.8 Å². The molecule has 6 nitrogen and oxygen atoms in total. The highest BCUT2D eigenvalue weighted by Crippen LogP contribution is 2.33. The minimum Gasteiger partial charge on any atom is -0.490 e. The summed E-state index contributed by atoms with van der Waals surface area (Å²) in [5, 5.41) is 12.3. The zero-order valence-corrected chi connectivity index (χ0v) is 16.4. The molecule has 0 saturated heterocycles. The van der Waals surface area contributed by atoms with Crippen molar-refractivity contribution >= 4 is 29.4 Å². The fourth-order valence-electron chi connectivity index (χ4n) is 2.29. The predicted molar refractivity (Wildman–Crippen MR) is 106 cm³/mol. The Kier molecular flexibility index (Phi) is 6.32. The summed E-state index contributed by atoms with van der Waals surface area (Å²) >= 11 is 12.6. The highest BCUT2D eigenvalue weighted by molar-refractivity contribution is 6.37. The summed E-state index contributed by atoms with van der Waals surface area (Å²) in [5.74, 6) is 1.22. The van der Waals surface area contributed by atoms with E-state index in [-0.39, 0.29) is 0 Å². The lowest BCUT2D eigenvalue weighted by Gasteiger charge is -2.12. The Morgan fingerprint density at radius 3 is 2.30 bits per heavy atom. The van der Waals surface area contributed by atoms with Crippen LogP contribution < -0.4 is 9.47 Å². The third kappa shape index (κ3) is 5.21. The van der Waals surface area contributed by atoms with Crippen molar-refractivity contribution in [3.8, 4) is 11.5 Å². The minimum atomic E-state index is 0.320. The number of aromatic nitrogens is 3. The van der Waals surface area contributed by atoms with E-state index in [0.717, 1.165) is 11.3 Å². The highest BCUT2D eigenvalue weighted by Gasteiger charge is 2.09. The Morgan fingerprint density at radius 1 is 0.963 bits per heavy atom. The summed E-state index contributed by atoms with van der Waals surface area (Å²) < 4.78 is 12.9. The largest absolute Gasteiger partial charge is 0.490 e. The first kappa shape index (κ1) is 19.2. The molecule has 0 unspecified atom stereocenters. The monoisotopic (exact) mass is 404 g/mol. The van der Waals surface area contributed by atoms with Crippen molar-refractivity contribution in [3.05, 3.63) is 69.7 Å². The molecule has 0 aliphatic heterocycles. The van der Waals surface area contributed by atoms with E-state index in [0.29, 0.717) is 29.0 Å². The van der Waals surface area contributed by atoms with Crippen molar-refractivity contribution in [2.75, 3.05) is 13.2 Å². The third-order valence-electron chi connectivity index (χ3n) is 3.84. The Hall–Kier alpha value is -2.57. The maximum absolute atomic E-state index is 6.29. The highest BCUT2D eigenvalue weighted by atomic mass is 35.5. The Bertz CT molecular complexity index is 920. The number of nitrogens with zero attached hydrogens (tertiary/aromatic N) is 4. The van der Waals surface area contributed by atoms with Crippen LogP contribution in [-0.4, -0.2) is 34.3 Å². The molecule has 3 rings (SSSR count). The van der Waals surface area contributed by atoms with Crippen molar-refractivity contribution < 1.29 is 9.47 Å². The molecule has 0 radical (unpaired) electrons. The van der Waals surface area contributed by atoms with Crippen LogP contribution in [-0.2, 0) is 0 Å². The van der Waals surface area contributed by atoms with Crippen LogP contribution in [0.25, 0.3) is 0 Å². The Morgan fingerprint density at radius 2 is 1.63 bits per heavy atom. The molecule has 1 aromatic heterocycles. The molecule has 0 aliphatic rings. The predicted octanol–water partition coefficient (Wildman–Crippen LogP) is 4.54. The second-order valence-electron chi connectivity index (χ2n) is 5.84. The van der Waals surface area contributed by atoms with E-state index in [1.807, 2.05) is 25.1 Å². The van der Waals surface area contributed by atoms with E-state index < -0.39 is 0 Å². The summed E-state index contributed by atoms with van der Waals surface area (Å²) in [6.07, 6.45) is 4.56. The maximum Gasteiger partial charge on any atom is 0.156 e. The fraction of sp³-hybridized carbons (Fsp3) is 0.211. The van der Waals surface area contributed by atoms with Crippen LogP contribution in [0.4, 0.5) is 0 Å². The Labute approximate surface area is 167 Å². The summed E-state index contributed by atoms with van der Waals surface area (Å²) in [7, 11) is 0. The molecule has 1 heterocycles. The third-order valence-corrected chi connectivity index (χ3v) is 4.41. The smallest absolute Gasteiger partial charge is 0.156 e. The number of rotatable bonds is 7. The van der Waals surface area contributed by atoms with Gasteiger partial charge in [0.25, 0.3) is 0 Å². The first-order valence-electron chi connectivity index (χ1n) is 8.24. The van der Waals surface area contributed by atoms with Gasteiger partial charge in [0, 0.05) is 0 Å². The molecule has 0 fully saturated rings. The molecular weight excluding hydrogens is 387 g/mol. The number of benzene rings is 2. The molecule has 8 heteroatoms. The van der Waals surface area contributed by atoms with E-state index in [1.54, 1.807) is 18.3 Å². The van der Waals surface area contributed by atoms with Crippen LogP contribution in [0.5, 0.6) is 11.5 Å². The molecule has 0 aliphatic carbocycles. The van der Waals surface area contributed by atoms with Crippen molar-refractivity contribution in [1.29, 1.82) is 0 Å². The van der Waals surface area contributed by atoms with E-state index >= 15 is 0 Å². The fourth-order valence-corrected chi connectivity index (χ4v) is 2.90. The summed E-state index contributed by atoms with van der Waals surface area (Å²) in [6.45, 7) is 4.81. The normalized spacial score (nSPS) is 11.1. The van der Waals surface area contributed by atoms with Gasteiger partial charge < -0.3 is 9.47 Å². The standard InChI is InChI=1S/C19H18Cl2N4O2/c1-13-3-4-16(7-14(13)2)26-5-6-27-19-17(20)8-15(9-18(19)21)10-24-25-11-22-23-12-25/h3-4,7-12H,5-6H2,1-2H3/b24-10+. The first-order valence-corrected chi connectivity index (χ1v) is 8.99. The molecule has 0 saturated carbocycles. The van der Waals surface area contributed by atoms with Gasteiger partial charge in [-0.25, -0.2) is 4.68 Å². The van der Waals surface area contributed by atoms with E-state index in [4.69, 9.17) is 32.7 Å². The minimum absolute atomic E-state index is 0.320. The van der Waals surface area contributed by atoms with Gasteiger partial charge in [0.2, 0.25) is 0 Å². The van der Waals surface area contributed by atoms with Crippen LogP contribution >= 0.6 is 23.2 Å². The number of halogens is 2. The molecule has 2 aromatic carbocycles. The Balaban J connectivity index is 1.57. The molecule has 0 spiro atoms. The lowest BCUT2D eigenvalue weighted by atomic mass is 10.1. The number of aryl methyl sites for hydroxylation is 2. The first-order chi connectivity index (χ1) is 13.0. The lowest BCUT2D eigenvalue weighted by Crippen LogP contribution is -2.09. The van der Waals surface area contributed by atoms with Crippen LogP contribution in [0.15, 0.2) is 48.1 Å². The van der Waals surface area contributed by atoms with Gasteiger partial charge in [-0.2, -0.15) is 5.10 Å². The van der Waals surface area contributed by atoms with Crippen LogP contribution in [0.1, 0.15) is 16.7 Å². The lowest BCUT2D eigenvalue weighted by molar-refractivity contribution is 0.217. The van der Waals surface area contributed by atoms with Crippen LogP contribution in [0.2, 0.25) is 10.0 Å². The molecule has 0 amide bonds. The topological polar surface area (TPSA) is 61.5 Å². The quantitative estimate of drug-likeness (QED) is 0.428. The van der Waals surface area contributed by atoms with E-state index in [1.165, 1.54) is 28.5 Å². The second kappa shape index (κ2) is 8.88. The van der Waals surface area contributed by atoms with E-state index in [9.17, 15) is 0 Å². The average molecular weight is 405 g/mol. The van der Waals surface area contributed by atoms with Crippen LogP contribution in [0.3, 0.4) is 0 Å². The zero-order valence-electron chi connectivity index (χ0n) is 14.9. The molecule has 27 heavy (non-hydrogen) atoms. The van der Waals surface area contributed by atoms with Gasteiger partial charge in [-0.1, -0.05) is 29.3 Å². The molecular formula is C19H18Cl2N4O2. The van der Waals surface area contributed by atoms with Gasteiger partial charge in [-0.05, 0) is 54.8 Å². The van der Waals surface area contributed by atoms with E-state index in [2.05, 4.69) is 22.2 Å². The van der Waals surface area contributed by atoms with Gasteiger partial charge >= 0.3 is 0 Å². The van der Waals surface area contributed by atoms with Gasteiger partial charge in [0.15, 0.2) is 5.75 Å².